The van der Waals surface area contributed by atoms with Gasteiger partial charge in [-0.1, -0.05) is 30.3 Å². The van der Waals surface area contributed by atoms with Gasteiger partial charge >= 0.3 is 0 Å². The SMILES string of the molecule is O=C1CNN2C(c3ccccc3)=Nc3ccc(I)cc3C2=N1. The summed E-state index contributed by atoms with van der Waals surface area (Å²) in [5.41, 5.74) is 5.77. The van der Waals surface area contributed by atoms with Gasteiger partial charge in [0.05, 0.1) is 12.2 Å². The van der Waals surface area contributed by atoms with Gasteiger partial charge in [-0.15, -0.1) is 0 Å². The molecule has 0 aromatic heterocycles. The summed E-state index contributed by atoms with van der Waals surface area (Å²) < 4.78 is 1.08. The van der Waals surface area contributed by atoms with E-state index in [4.69, 9.17) is 4.99 Å². The minimum atomic E-state index is -0.176. The lowest BCUT2D eigenvalue weighted by molar-refractivity contribution is -0.117. The van der Waals surface area contributed by atoms with Crippen LogP contribution in [0, 0.1) is 3.57 Å². The Morgan fingerprint density at radius 2 is 1.86 bits per heavy atom. The molecule has 2 heterocycles. The predicted octanol–water partition coefficient (Wildman–Crippen LogP) is 2.48. The van der Waals surface area contributed by atoms with Gasteiger partial charge in [-0.2, -0.15) is 4.99 Å². The van der Waals surface area contributed by atoms with Crippen LogP contribution in [-0.2, 0) is 4.79 Å². The summed E-state index contributed by atoms with van der Waals surface area (Å²) in [6, 6.07) is 15.8. The van der Waals surface area contributed by atoms with Gasteiger partial charge in [-0.3, -0.25) is 4.79 Å². The fraction of sp³-hybridized carbons (Fsp3) is 0.0625. The lowest BCUT2D eigenvalue weighted by Crippen LogP contribution is -2.54. The van der Waals surface area contributed by atoms with Crippen molar-refractivity contribution in [2.75, 3.05) is 6.54 Å². The highest BCUT2D eigenvalue weighted by Crippen LogP contribution is 2.30. The molecule has 5 nitrogen and oxygen atoms in total. The summed E-state index contributed by atoms with van der Waals surface area (Å²) in [6.07, 6.45) is 0. The van der Waals surface area contributed by atoms with E-state index in [1.54, 1.807) is 5.01 Å². The minimum absolute atomic E-state index is 0.175. The van der Waals surface area contributed by atoms with E-state index in [1.807, 2.05) is 48.5 Å². The van der Waals surface area contributed by atoms with Crippen molar-refractivity contribution < 1.29 is 4.79 Å². The van der Waals surface area contributed by atoms with E-state index >= 15 is 0 Å². The number of rotatable bonds is 1. The Morgan fingerprint density at radius 1 is 1.05 bits per heavy atom. The second-order valence-electron chi connectivity index (χ2n) is 4.96. The fourth-order valence-corrected chi connectivity index (χ4v) is 3.01. The monoisotopic (exact) mass is 402 g/mol. The van der Waals surface area contributed by atoms with Gasteiger partial charge in [0.2, 0.25) is 0 Å². The molecule has 4 rings (SSSR count). The fourth-order valence-electron chi connectivity index (χ4n) is 2.51. The lowest BCUT2D eigenvalue weighted by Gasteiger charge is -2.33. The molecule has 22 heavy (non-hydrogen) atoms. The molecule has 108 valence electrons. The first kappa shape index (κ1) is 13.6. The smallest absolute Gasteiger partial charge is 0.263 e. The molecule has 2 aromatic carbocycles. The maximum absolute atomic E-state index is 11.7. The van der Waals surface area contributed by atoms with Crippen LogP contribution in [0.5, 0.6) is 0 Å². The Kier molecular flexibility index (Phi) is 3.27. The molecule has 0 saturated carbocycles. The number of carbonyl (C=O) groups excluding carboxylic acids is 1. The van der Waals surface area contributed by atoms with Crippen molar-refractivity contribution in [1.82, 2.24) is 10.4 Å². The van der Waals surface area contributed by atoms with Gasteiger partial charge in [0, 0.05) is 14.7 Å². The van der Waals surface area contributed by atoms with Crippen LogP contribution in [-0.4, -0.2) is 29.1 Å². The van der Waals surface area contributed by atoms with Crippen molar-refractivity contribution in [1.29, 1.82) is 0 Å². The van der Waals surface area contributed by atoms with Crippen molar-refractivity contribution in [3.05, 3.63) is 63.2 Å². The van der Waals surface area contributed by atoms with Gasteiger partial charge in [-0.05, 0) is 40.8 Å². The Balaban J connectivity index is 1.95. The third kappa shape index (κ3) is 2.24. The highest BCUT2D eigenvalue weighted by molar-refractivity contribution is 14.1. The van der Waals surface area contributed by atoms with Crippen molar-refractivity contribution in [3.8, 4) is 0 Å². The number of hydrogen-bond donors (Lipinski definition) is 1. The largest absolute Gasteiger partial charge is 0.271 e. The van der Waals surface area contributed by atoms with Gasteiger partial charge < -0.3 is 0 Å². The first-order valence-electron chi connectivity index (χ1n) is 6.81. The number of hydrogen-bond acceptors (Lipinski definition) is 4. The van der Waals surface area contributed by atoms with Gasteiger partial charge in [0.1, 0.15) is 0 Å². The Morgan fingerprint density at radius 3 is 2.68 bits per heavy atom. The van der Waals surface area contributed by atoms with E-state index < -0.39 is 0 Å². The third-order valence-electron chi connectivity index (χ3n) is 3.50. The second kappa shape index (κ2) is 5.29. The van der Waals surface area contributed by atoms with Crippen LogP contribution < -0.4 is 5.43 Å². The van der Waals surface area contributed by atoms with Crippen LogP contribution in [0.3, 0.4) is 0 Å². The Labute approximate surface area is 140 Å². The number of amides is 1. The number of aliphatic imine (C=N–C) groups is 2. The number of hydrazine groups is 1. The molecule has 0 saturated heterocycles. The minimum Gasteiger partial charge on any atom is -0.271 e. The summed E-state index contributed by atoms with van der Waals surface area (Å²) in [7, 11) is 0. The summed E-state index contributed by atoms with van der Waals surface area (Å²) in [4.78, 5) is 20.7. The van der Waals surface area contributed by atoms with Crippen molar-refractivity contribution in [2.45, 2.75) is 0 Å². The molecule has 0 aliphatic carbocycles. The van der Waals surface area contributed by atoms with Crippen LogP contribution in [0.1, 0.15) is 11.1 Å². The molecule has 0 radical (unpaired) electrons. The summed E-state index contributed by atoms with van der Waals surface area (Å²) in [6.45, 7) is 0.175. The number of halogens is 1. The zero-order valence-corrected chi connectivity index (χ0v) is 13.6. The molecule has 0 atom stereocenters. The van der Waals surface area contributed by atoms with Crippen molar-refractivity contribution in [3.63, 3.8) is 0 Å². The van der Waals surface area contributed by atoms with Crippen molar-refractivity contribution >= 4 is 45.9 Å². The highest BCUT2D eigenvalue weighted by atomic mass is 127. The molecule has 1 N–H and O–H groups in total. The molecule has 6 heteroatoms. The average Bonchev–Trinajstić information content (AvgIpc) is 2.55. The number of benzene rings is 2. The zero-order valence-electron chi connectivity index (χ0n) is 11.5. The van der Waals surface area contributed by atoms with Crippen LogP contribution in [0.4, 0.5) is 5.69 Å². The molecule has 0 unspecified atom stereocenters. The normalized spacial score (nSPS) is 16.6. The molecular weight excluding hydrogens is 391 g/mol. The van der Waals surface area contributed by atoms with E-state index in [2.05, 4.69) is 33.0 Å². The predicted molar refractivity (Wildman–Crippen MR) is 93.2 cm³/mol. The maximum Gasteiger partial charge on any atom is 0.263 e. The standard InChI is InChI=1S/C16H11IN4O/c17-11-6-7-13-12(8-11)16-20-14(22)9-18-21(16)15(19-13)10-4-2-1-3-5-10/h1-8,18H,9H2. The quantitative estimate of drug-likeness (QED) is 0.746. The maximum atomic E-state index is 11.7. The summed E-state index contributed by atoms with van der Waals surface area (Å²) >= 11 is 2.24. The zero-order chi connectivity index (χ0) is 15.1. The van der Waals surface area contributed by atoms with Crippen LogP contribution >= 0.6 is 22.6 Å². The topological polar surface area (TPSA) is 57.1 Å². The average molecular weight is 402 g/mol. The molecule has 0 fully saturated rings. The number of nitrogens with one attached hydrogen (secondary N) is 1. The van der Waals surface area contributed by atoms with E-state index in [1.165, 1.54) is 0 Å². The third-order valence-corrected chi connectivity index (χ3v) is 4.17. The van der Waals surface area contributed by atoms with Crippen LogP contribution in [0.2, 0.25) is 0 Å². The number of fused-ring (bicyclic) bond motifs is 3. The van der Waals surface area contributed by atoms with Crippen LogP contribution in [0.25, 0.3) is 0 Å². The van der Waals surface area contributed by atoms with Gasteiger partial charge in [0.25, 0.3) is 5.91 Å². The lowest BCUT2D eigenvalue weighted by atomic mass is 10.1. The van der Waals surface area contributed by atoms with E-state index in [9.17, 15) is 4.79 Å². The molecule has 1 amide bonds. The van der Waals surface area contributed by atoms with Gasteiger partial charge in [0.15, 0.2) is 11.7 Å². The Bertz CT molecular complexity index is 829. The second-order valence-corrected chi connectivity index (χ2v) is 6.21. The van der Waals surface area contributed by atoms with E-state index in [-0.39, 0.29) is 12.5 Å². The molecular formula is C16H11IN4O. The number of amidine groups is 2. The first-order chi connectivity index (χ1) is 10.7. The molecule has 2 aromatic rings. The molecule has 2 aliphatic rings. The van der Waals surface area contributed by atoms with Gasteiger partial charge in [-0.25, -0.2) is 15.4 Å². The van der Waals surface area contributed by atoms with E-state index in [0.29, 0.717) is 5.84 Å². The summed E-state index contributed by atoms with van der Waals surface area (Å²) in [5.74, 6) is 1.18. The van der Waals surface area contributed by atoms with E-state index in [0.717, 1.165) is 26.2 Å². The molecule has 0 bridgehead atoms. The molecule has 0 spiro atoms. The highest BCUT2D eigenvalue weighted by Gasteiger charge is 2.31. The number of nitrogens with zero attached hydrogens (tertiary/aromatic N) is 3. The molecule has 2 aliphatic heterocycles. The summed E-state index contributed by atoms with van der Waals surface area (Å²) in [5, 5.41) is 1.80. The van der Waals surface area contributed by atoms with Crippen molar-refractivity contribution in [2.24, 2.45) is 9.98 Å². The van der Waals surface area contributed by atoms with Crippen LogP contribution in [0.15, 0.2) is 58.5 Å². The number of carbonyl (C=O) groups is 1. The first-order valence-corrected chi connectivity index (χ1v) is 7.89. The Hall–Kier alpha value is -2.06.